The summed E-state index contributed by atoms with van der Waals surface area (Å²) in [4.78, 5) is 11.7. The van der Waals surface area contributed by atoms with Crippen molar-refractivity contribution in [1.82, 2.24) is 5.32 Å². The van der Waals surface area contributed by atoms with Gasteiger partial charge in [0, 0.05) is 11.2 Å². The number of amides is 1. The van der Waals surface area contributed by atoms with Crippen molar-refractivity contribution in [3.8, 4) is 0 Å². The van der Waals surface area contributed by atoms with Crippen LogP contribution in [0.15, 0.2) is 24.3 Å². The summed E-state index contributed by atoms with van der Waals surface area (Å²) in [5.41, 5.74) is 2.15. The number of carbonyl (C=O) groups is 1. The Balaban J connectivity index is 2.42. The van der Waals surface area contributed by atoms with Crippen LogP contribution in [0.1, 0.15) is 39.7 Å². The number of rotatable bonds is 6. The van der Waals surface area contributed by atoms with Gasteiger partial charge in [0.25, 0.3) is 0 Å². The standard InChI is InChI=1S/C15H24N2O/c1-5-12-7-9-13(10-8-12)16-11-14(18)17-15(3,4)6-2/h7-10,16H,5-6,11H2,1-4H3,(H,17,18). The number of carbonyl (C=O) groups excluding carboxylic acids is 1. The largest absolute Gasteiger partial charge is 0.376 e. The van der Waals surface area contributed by atoms with Crippen LogP contribution in [0.5, 0.6) is 0 Å². The lowest BCUT2D eigenvalue weighted by molar-refractivity contribution is -0.121. The molecule has 1 amide bonds. The molecule has 0 aliphatic carbocycles. The predicted octanol–water partition coefficient (Wildman–Crippen LogP) is 2.97. The lowest BCUT2D eigenvalue weighted by atomic mass is 10.0. The molecule has 100 valence electrons. The number of nitrogens with one attached hydrogen (secondary N) is 2. The molecule has 0 aliphatic heterocycles. The zero-order valence-corrected chi connectivity index (χ0v) is 11.8. The Hall–Kier alpha value is -1.51. The predicted molar refractivity (Wildman–Crippen MR) is 76.8 cm³/mol. The fraction of sp³-hybridized carbons (Fsp3) is 0.533. The van der Waals surface area contributed by atoms with Gasteiger partial charge in [-0.15, -0.1) is 0 Å². The van der Waals surface area contributed by atoms with Gasteiger partial charge in [0.15, 0.2) is 0 Å². The van der Waals surface area contributed by atoms with Crippen LogP contribution < -0.4 is 10.6 Å². The molecular formula is C15H24N2O. The summed E-state index contributed by atoms with van der Waals surface area (Å²) in [7, 11) is 0. The Morgan fingerprint density at radius 1 is 1.17 bits per heavy atom. The highest BCUT2D eigenvalue weighted by Crippen LogP contribution is 2.10. The maximum atomic E-state index is 11.7. The highest BCUT2D eigenvalue weighted by molar-refractivity contribution is 5.81. The van der Waals surface area contributed by atoms with Gasteiger partial charge in [0.1, 0.15) is 0 Å². The van der Waals surface area contributed by atoms with E-state index in [1.807, 2.05) is 26.0 Å². The smallest absolute Gasteiger partial charge is 0.239 e. The van der Waals surface area contributed by atoms with E-state index in [9.17, 15) is 4.79 Å². The Kier molecular flexibility index (Phi) is 5.20. The van der Waals surface area contributed by atoms with Crippen molar-refractivity contribution in [3.05, 3.63) is 29.8 Å². The summed E-state index contributed by atoms with van der Waals surface area (Å²) in [6.45, 7) is 8.57. The van der Waals surface area contributed by atoms with E-state index in [4.69, 9.17) is 0 Å². The summed E-state index contributed by atoms with van der Waals surface area (Å²) >= 11 is 0. The molecule has 0 saturated heterocycles. The molecule has 0 spiro atoms. The molecule has 1 rings (SSSR count). The normalized spacial score (nSPS) is 11.1. The van der Waals surface area contributed by atoms with Crippen molar-refractivity contribution in [3.63, 3.8) is 0 Å². The van der Waals surface area contributed by atoms with Crippen LogP contribution in [0, 0.1) is 0 Å². The fourth-order valence-electron chi connectivity index (χ4n) is 1.55. The molecule has 2 N–H and O–H groups in total. The van der Waals surface area contributed by atoms with Gasteiger partial charge >= 0.3 is 0 Å². The van der Waals surface area contributed by atoms with Crippen LogP contribution in [0.2, 0.25) is 0 Å². The molecule has 3 heteroatoms. The molecule has 0 atom stereocenters. The second kappa shape index (κ2) is 6.43. The fourth-order valence-corrected chi connectivity index (χ4v) is 1.55. The topological polar surface area (TPSA) is 41.1 Å². The van der Waals surface area contributed by atoms with Crippen LogP contribution in [0.25, 0.3) is 0 Å². The first-order valence-electron chi connectivity index (χ1n) is 6.60. The maximum absolute atomic E-state index is 11.7. The summed E-state index contributed by atoms with van der Waals surface area (Å²) in [6, 6.07) is 8.18. The van der Waals surface area contributed by atoms with E-state index in [0.717, 1.165) is 18.5 Å². The molecule has 0 bridgehead atoms. The highest BCUT2D eigenvalue weighted by atomic mass is 16.2. The van der Waals surface area contributed by atoms with Crippen molar-refractivity contribution in [1.29, 1.82) is 0 Å². The number of hydrogen-bond acceptors (Lipinski definition) is 2. The van der Waals surface area contributed by atoms with Crippen molar-refractivity contribution in [2.24, 2.45) is 0 Å². The monoisotopic (exact) mass is 248 g/mol. The highest BCUT2D eigenvalue weighted by Gasteiger charge is 2.17. The second-order valence-electron chi connectivity index (χ2n) is 5.19. The molecule has 18 heavy (non-hydrogen) atoms. The Bertz CT molecular complexity index is 382. The van der Waals surface area contributed by atoms with Crippen molar-refractivity contribution in [2.75, 3.05) is 11.9 Å². The van der Waals surface area contributed by atoms with E-state index >= 15 is 0 Å². The molecule has 0 aromatic heterocycles. The molecule has 3 nitrogen and oxygen atoms in total. The van der Waals surface area contributed by atoms with Crippen molar-refractivity contribution in [2.45, 2.75) is 46.1 Å². The van der Waals surface area contributed by atoms with Gasteiger partial charge in [-0.1, -0.05) is 26.0 Å². The number of anilines is 1. The summed E-state index contributed by atoms with van der Waals surface area (Å²) < 4.78 is 0. The van der Waals surface area contributed by atoms with E-state index in [0.29, 0.717) is 6.54 Å². The summed E-state index contributed by atoms with van der Waals surface area (Å²) in [5, 5.41) is 6.13. The first kappa shape index (κ1) is 14.6. The first-order chi connectivity index (χ1) is 8.46. The zero-order valence-electron chi connectivity index (χ0n) is 11.8. The first-order valence-corrected chi connectivity index (χ1v) is 6.60. The van der Waals surface area contributed by atoms with E-state index in [1.165, 1.54) is 5.56 Å². The van der Waals surface area contributed by atoms with Gasteiger partial charge in [-0.3, -0.25) is 4.79 Å². The average Bonchev–Trinajstić information content (AvgIpc) is 2.36. The maximum Gasteiger partial charge on any atom is 0.239 e. The van der Waals surface area contributed by atoms with Gasteiger partial charge in [0.2, 0.25) is 5.91 Å². The Labute approximate surface area is 110 Å². The molecule has 0 radical (unpaired) electrons. The third-order valence-corrected chi connectivity index (χ3v) is 3.18. The van der Waals surface area contributed by atoms with Crippen LogP contribution in [0.4, 0.5) is 5.69 Å². The van der Waals surface area contributed by atoms with E-state index < -0.39 is 0 Å². The summed E-state index contributed by atoms with van der Waals surface area (Å²) in [5.74, 6) is 0.0291. The van der Waals surface area contributed by atoms with E-state index in [1.54, 1.807) is 0 Å². The minimum atomic E-state index is -0.134. The van der Waals surface area contributed by atoms with Crippen LogP contribution in [0.3, 0.4) is 0 Å². The average molecular weight is 248 g/mol. The molecule has 0 unspecified atom stereocenters. The van der Waals surface area contributed by atoms with E-state index in [2.05, 4.69) is 36.6 Å². The Morgan fingerprint density at radius 3 is 2.28 bits per heavy atom. The Morgan fingerprint density at radius 2 is 1.78 bits per heavy atom. The molecule has 0 saturated carbocycles. The lowest BCUT2D eigenvalue weighted by Crippen LogP contribution is -2.45. The molecule has 0 aliphatic rings. The minimum absolute atomic E-state index is 0.0291. The number of aryl methyl sites for hydroxylation is 1. The van der Waals surface area contributed by atoms with Gasteiger partial charge < -0.3 is 10.6 Å². The third-order valence-electron chi connectivity index (χ3n) is 3.18. The molecule has 1 aromatic carbocycles. The van der Waals surface area contributed by atoms with Gasteiger partial charge in [-0.05, 0) is 44.4 Å². The molecule has 0 heterocycles. The van der Waals surface area contributed by atoms with Crippen LogP contribution in [-0.2, 0) is 11.2 Å². The number of hydrogen-bond donors (Lipinski definition) is 2. The van der Waals surface area contributed by atoms with Crippen LogP contribution in [-0.4, -0.2) is 18.0 Å². The van der Waals surface area contributed by atoms with Gasteiger partial charge in [-0.2, -0.15) is 0 Å². The van der Waals surface area contributed by atoms with Crippen molar-refractivity contribution < 1.29 is 4.79 Å². The quantitative estimate of drug-likeness (QED) is 0.812. The third kappa shape index (κ3) is 4.78. The minimum Gasteiger partial charge on any atom is -0.376 e. The SMILES string of the molecule is CCc1ccc(NCC(=O)NC(C)(C)CC)cc1. The van der Waals surface area contributed by atoms with E-state index in [-0.39, 0.29) is 11.4 Å². The molecule has 0 fully saturated rings. The molecule has 1 aromatic rings. The second-order valence-corrected chi connectivity index (χ2v) is 5.19. The molecular weight excluding hydrogens is 224 g/mol. The van der Waals surface area contributed by atoms with Gasteiger partial charge in [0.05, 0.1) is 6.54 Å². The lowest BCUT2D eigenvalue weighted by Gasteiger charge is -2.24. The van der Waals surface area contributed by atoms with Gasteiger partial charge in [-0.25, -0.2) is 0 Å². The van der Waals surface area contributed by atoms with Crippen molar-refractivity contribution >= 4 is 11.6 Å². The zero-order chi connectivity index (χ0) is 13.6. The summed E-state index contributed by atoms with van der Waals surface area (Å²) in [6.07, 6.45) is 1.95. The van der Waals surface area contributed by atoms with Crippen LogP contribution >= 0.6 is 0 Å². The number of benzene rings is 1.